The van der Waals surface area contributed by atoms with E-state index < -0.39 is 5.97 Å². The molecule has 0 saturated carbocycles. The van der Waals surface area contributed by atoms with Crippen LogP contribution in [0.15, 0.2) is 11.6 Å². The van der Waals surface area contributed by atoms with Crippen LogP contribution in [0.3, 0.4) is 0 Å². The van der Waals surface area contributed by atoms with Crippen molar-refractivity contribution >= 4 is 17.7 Å². The molecule has 0 bridgehead atoms. The van der Waals surface area contributed by atoms with Crippen molar-refractivity contribution in [2.24, 2.45) is 0 Å². The van der Waals surface area contributed by atoms with Gasteiger partial charge in [0.2, 0.25) is 0 Å². The lowest BCUT2D eigenvalue weighted by atomic mass is 10.2. The van der Waals surface area contributed by atoms with Crippen LogP contribution in [0.4, 0.5) is 0 Å². The van der Waals surface area contributed by atoms with Gasteiger partial charge in [0, 0.05) is 24.4 Å². The second kappa shape index (κ2) is 6.90. The van der Waals surface area contributed by atoms with E-state index in [1.807, 2.05) is 18.7 Å². The number of aliphatic carboxylic acids is 1. The van der Waals surface area contributed by atoms with E-state index in [2.05, 4.69) is 5.32 Å². The molecular formula is C11H19NO2S. The minimum atomic E-state index is -0.860. The lowest BCUT2D eigenvalue weighted by Crippen LogP contribution is -2.28. The molecular weight excluding hydrogens is 210 g/mol. The van der Waals surface area contributed by atoms with E-state index in [0.29, 0.717) is 6.54 Å². The number of carbonyl (C=O) groups is 1. The lowest BCUT2D eigenvalue weighted by molar-refractivity contribution is -0.131. The molecule has 15 heavy (non-hydrogen) atoms. The Morgan fingerprint density at radius 3 is 3.00 bits per heavy atom. The van der Waals surface area contributed by atoms with Crippen LogP contribution < -0.4 is 5.32 Å². The molecule has 1 saturated heterocycles. The third kappa shape index (κ3) is 5.85. The molecule has 2 N–H and O–H groups in total. The topological polar surface area (TPSA) is 49.3 Å². The highest BCUT2D eigenvalue weighted by Crippen LogP contribution is 2.24. The van der Waals surface area contributed by atoms with Gasteiger partial charge in [-0.1, -0.05) is 12.0 Å². The van der Waals surface area contributed by atoms with Crippen molar-refractivity contribution in [2.45, 2.75) is 31.4 Å². The summed E-state index contributed by atoms with van der Waals surface area (Å²) >= 11 is 2.03. The fraction of sp³-hybridized carbons (Fsp3) is 0.727. The summed E-state index contributed by atoms with van der Waals surface area (Å²) in [5.74, 6) is 0.414. The van der Waals surface area contributed by atoms with Crippen molar-refractivity contribution in [3.63, 3.8) is 0 Å². The van der Waals surface area contributed by atoms with E-state index in [1.54, 1.807) is 0 Å². The molecule has 0 spiro atoms. The highest BCUT2D eigenvalue weighted by atomic mass is 32.2. The van der Waals surface area contributed by atoms with Gasteiger partial charge in [0.25, 0.3) is 0 Å². The standard InChI is InChI=1S/C11H19NO2S/c1-9(6-11(13)14)7-12-8-10-4-2-3-5-15-10/h6,10,12H,2-5,7-8H2,1H3,(H,13,14). The van der Waals surface area contributed by atoms with Crippen LogP contribution in [0, 0.1) is 0 Å². The van der Waals surface area contributed by atoms with Crippen LogP contribution in [0.2, 0.25) is 0 Å². The van der Waals surface area contributed by atoms with Crippen LogP contribution in [-0.4, -0.2) is 35.2 Å². The van der Waals surface area contributed by atoms with Crippen molar-refractivity contribution < 1.29 is 9.90 Å². The number of rotatable bonds is 5. The Balaban J connectivity index is 2.12. The van der Waals surface area contributed by atoms with E-state index in [4.69, 9.17) is 5.11 Å². The quantitative estimate of drug-likeness (QED) is 0.707. The zero-order valence-electron chi connectivity index (χ0n) is 9.16. The summed E-state index contributed by atoms with van der Waals surface area (Å²) in [5.41, 5.74) is 0.878. The molecule has 0 aromatic heterocycles. The SMILES string of the molecule is CC(=CC(=O)O)CNCC1CCCCS1. The fourth-order valence-corrected chi connectivity index (χ4v) is 2.93. The molecule has 0 amide bonds. The smallest absolute Gasteiger partial charge is 0.328 e. The van der Waals surface area contributed by atoms with Gasteiger partial charge in [0.05, 0.1) is 0 Å². The summed E-state index contributed by atoms with van der Waals surface area (Å²) in [6.45, 7) is 3.52. The first-order valence-electron chi connectivity index (χ1n) is 5.41. The number of nitrogens with one attached hydrogen (secondary N) is 1. The van der Waals surface area contributed by atoms with Gasteiger partial charge in [0.15, 0.2) is 0 Å². The molecule has 1 rings (SSSR count). The third-order valence-electron chi connectivity index (χ3n) is 2.42. The predicted molar refractivity (Wildman–Crippen MR) is 64.4 cm³/mol. The highest BCUT2D eigenvalue weighted by Gasteiger charge is 2.12. The first-order chi connectivity index (χ1) is 7.18. The maximum atomic E-state index is 10.4. The van der Waals surface area contributed by atoms with Gasteiger partial charge in [-0.15, -0.1) is 0 Å². The van der Waals surface area contributed by atoms with Crippen molar-refractivity contribution in [3.8, 4) is 0 Å². The average molecular weight is 229 g/mol. The molecule has 0 aromatic rings. The lowest BCUT2D eigenvalue weighted by Gasteiger charge is -2.21. The van der Waals surface area contributed by atoms with Gasteiger partial charge in [-0.3, -0.25) is 0 Å². The van der Waals surface area contributed by atoms with Crippen molar-refractivity contribution in [1.29, 1.82) is 0 Å². The molecule has 1 aliphatic heterocycles. The summed E-state index contributed by atoms with van der Waals surface area (Å²) in [4.78, 5) is 10.4. The number of hydrogen-bond acceptors (Lipinski definition) is 3. The van der Waals surface area contributed by atoms with E-state index in [0.717, 1.165) is 17.4 Å². The maximum absolute atomic E-state index is 10.4. The normalized spacial score (nSPS) is 22.7. The third-order valence-corrected chi connectivity index (χ3v) is 3.82. The average Bonchev–Trinajstić information content (AvgIpc) is 2.18. The summed E-state index contributed by atoms with van der Waals surface area (Å²) < 4.78 is 0. The first kappa shape index (κ1) is 12.6. The van der Waals surface area contributed by atoms with E-state index in [-0.39, 0.29) is 0 Å². The minimum Gasteiger partial charge on any atom is -0.478 e. The van der Waals surface area contributed by atoms with E-state index in [9.17, 15) is 4.79 Å². The second-order valence-corrected chi connectivity index (χ2v) is 5.36. The molecule has 4 heteroatoms. The van der Waals surface area contributed by atoms with Gasteiger partial charge in [0.1, 0.15) is 0 Å². The molecule has 1 fully saturated rings. The summed E-state index contributed by atoms with van der Waals surface area (Å²) in [7, 11) is 0. The number of hydrogen-bond donors (Lipinski definition) is 2. The summed E-state index contributed by atoms with van der Waals surface area (Å²) in [5, 5.41) is 12.6. The Morgan fingerprint density at radius 1 is 1.60 bits per heavy atom. The van der Waals surface area contributed by atoms with Crippen molar-refractivity contribution in [3.05, 3.63) is 11.6 Å². The van der Waals surface area contributed by atoms with Gasteiger partial charge in [-0.25, -0.2) is 4.79 Å². The number of carboxylic acid groups (broad SMARTS) is 1. The molecule has 0 radical (unpaired) electrons. The summed E-state index contributed by atoms with van der Waals surface area (Å²) in [6.07, 6.45) is 5.24. The van der Waals surface area contributed by atoms with E-state index in [1.165, 1.54) is 31.1 Å². The highest BCUT2D eigenvalue weighted by molar-refractivity contribution is 7.99. The monoisotopic (exact) mass is 229 g/mol. The van der Waals surface area contributed by atoms with Crippen molar-refractivity contribution in [2.75, 3.05) is 18.8 Å². The van der Waals surface area contributed by atoms with Crippen LogP contribution >= 0.6 is 11.8 Å². The molecule has 1 atom stereocenters. The minimum absolute atomic E-state index is 0.684. The zero-order valence-corrected chi connectivity index (χ0v) is 9.98. The maximum Gasteiger partial charge on any atom is 0.328 e. The molecule has 1 unspecified atom stereocenters. The number of thioether (sulfide) groups is 1. The van der Waals surface area contributed by atoms with Crippen LogP contribution in [-0.2, 0) is 4.79 Å². The second-order valence-electron chi connectivity index (χ2n) is 3.95. The van der Waals surface area contributed by atoms with Gasteiger partial charge in [-0.2, -0.15) is 11.8 Å². The van der Waals surface area contributed by atoms with Crippen LogP contribution in [0.5, 0.6) is 0 Å². The Kier molecular flexibility index (Phi) is 5.79. The first-order valence-corrected chi connectivity index (χ1v) is 6.46. The molecule has 1 heterocycles. The molecule has 3 nitrogen and oxygen atoms in total. The van der Waals surface area contributed by atoms with Gasteiger partial charge < -0.3 is 10.4 Å². The Hall–Kier alpha value is -0.480. The largest absolute Gasteiger partial charge is 0.478 e. The summed E-state index contributed by atoms with van der Waals surface area (Å²) in [6, 6.07) is 0. The molecule has 0 aromatic carbocycles. The molecule has 86 valence electrons. The van der Waals surface area contributed by atoms with Crippen molar-refractivity contribution in [1.82, 2.24) is 5.32 Å². The molecule has 0 aliphatic carbocycles. The number of carboxylic acids is 1. The molecule has 1 aliphatic rings. The van der Waals surface area contributed by atoms with Crippen LogP contribution in [0.1, 0.15) is 26.2 Å². The Labute approximate surface area is 95.3 Å². The zero-order chi connectivity index (χ0) is 11.1. The van der Waals surface area contributed by atoms with Gasteiger partial charge >= 0.3 is 5.97 Å². The van der Waals surface area contributed by atoms with E-state index >= 15 is 0 Å². The Morgan fingerprint density at radius 2 is 2.40 bits per heavy atom. The Bertz CT molecular complexity index is 235. The van der Waals surface area contributed by atoms with Crippen LogP contribution in [0.25, 0.3) is 0 Å². The van der Waals surface area contributed by atoms with Gasteiger partial charge in [-0.05, 0) is 25.5 Å². The fourth-order valence-electron chi connectivity index (χ4n) is 1.66. The predicted octanol–water partition coefficient (Wildman–Crippen LogP) is 1.89.